The van der Waals surface area contributed by atoms with Crippen molar-refractivity contribution in [2.75, 3.05) is 9.80 Å². The van der Waals surface area contributed by atoms with Crippen molar-refractivity contribution in [3.8, 4) is 22.3 Å². The van der Waals surface area contributed by atoms with E-state index in [1.54, 1.807) is 0 Å². The van der Waals surface area contributed by atoms with Crippen molar-refractivity contribution < 1.29 is 0 Å². The highest BCUT2D eigenvalue weighted by Gasteiger charge is 2.31. The van der Waals surface area contributed by atoms with Gasteiger partial charge >= 0.3 is 0 Å². The molecule has 10 aromatic carbocycles. The van der Waals surface area contributed by atoms with Gasteiger partial charge in [-0.15, -0.1) is 0 Å². The van der Waals surface area contributed by atoms with E-state index in [1.165, 1.54) is 104 Å². The Labute approximate surface area is 404 Å². The molecule has 4 heteroatoms. The molecule has 0 spiro atoms. The van der Waals surface area contributed by atoms with E-state index in [1.807, 2.05) is 0 Å². The summed E-state index contributed by atoms with van der Waals surface area (Å²) in [6.07, 6.45) is 9.05. The highest BCUT2D eigenvalue weighted by Crippen LogP contribution is 2.54. The van der Waals surface area contributed by atoms with E-state index in [0.717, 1.165) is 41.3 Å². The number of hydrogen-bond acceptors (Lipinski definition) is 2. The average molecular weight is 893 g/mol. The molecule has 0 amide bonds. The van der Waals surface area contributed by atoms with Gasteiger partial charge in [-0.05, 0) is 90.7 Å². The Hall–Kier alpha value is -9.12. The normalized spacial score (nSPS) is 13.1. The van der Waals surface area contributed by atoms with Gasteiger partial charge in [-0.25, -0.2) is 0 Å². The van der Waals surface area contributed by atoms with Gasteiger partial charge in [0, 0.05) is 88.4 Å². The molecule has 1 aliphatic carbocycles. The zero-order valence-corrected chi connectivity index (χ0v) is 38.3. The van der Waals surface area contributed by atoms with Crippen LogP contribution in [-0.4, -0.2) is 8.80 Å². The van der Waals surface area contributed by atoms with Gasteiger partial charge in [0.05, 0.1) is 33.1 Å². The highest BCUT2D eigenvalue weighted by molar-refractivity contribution is 6.38. The van der Waals surface area contributed by atoms with Crippen LogP contribution in [-0.2, 0) is 0 Å². The lowest BCUT2D eigenvalue weighted by Crippen LogP contribution is -2.16. The number of rotatable bonds is 8. The molecule has 0 saturated carbocycles. The first-order chi connectivity index (χ1) is 34.8. The molecule has 0 radical (unpaired) electrons. The molecule has 15 rings (SSSR count). The molecule has 328 valence electrons. The molecule has 0 N–H and O–H groups in total. The lowest BCUT2D eigenvalue weighted by Gasteiger charge is -2.27. The zero-order valence-electron chi connectivity index (χ0n) is 38.3. The topological polar surface area (TPSA) is 15.3 Å². The second-order valence-electron chi connectivity index (χ2n) is 18.7. The first kappa shape index (κ1) is 38.9. The van der Waals surface area contributed by atoms with Crippen molar-refractivity contribution in [2.24, 2.45) is 0 Å². The monoisotopic (exact) mass is 892 g/mol. The number of hydrogen-bond donors (Lipinski definition) is 0. The molecule has 0 aliphatic heterocycles. The molecule has 4 heterocycles. The van der Waals surface area contributed by atoms with E-state index in [2.05, 4.69) is 261 Å². The summed E-state index contributed by atoms with van der Waals surface area (Å²) in [5.41, 5.74) is 19.1. The molecule has 0 fully saturated rings. The van der Waals surface area contributed by atoms with E-state index >= 15 is 0 Å². The lowest BCUT2D eigenvalue weighted by atomic mass is 9.89. The maximum absolute atomic E-state index is 2.63. The predicted octanol–water partition coefficient (Wildman–Crippen LogP) is 18.2. The number of benzene rings is 10. The van der Waals surface area contributed by atoms with Gasteiger partial charge in [-0.1, -0.05) is 176 Å². The van der Waals surface area contributed by atoms with Crippen molar-refractivity contribution in [3.63, 3.8) is 0 Å². The van der Waals surface area contributed by atoms with Gasteiger partial charge < -0.3 is 18.6 Å². The highest BCUT2D eigenvalue weighted by atomic mass is 15.2. The zero-order chi connectivity index (χ0) is 45.9. The number of para-hydroxylation sites is 5. The van der Waals surface area contributed by atoms with Gasteiger partial charge in [-0.2, -0.15) is 0 Å². The standard InChI is InChI=1S/C66H44N4/c1-7-21-43(22-8-1)59-61-55-35-19-33-53-52-40-38-50(68(47-29-15-5-16-30-47)48-31-17-6-18-32-48)42-58(52)70(63(53)55)66(61)60(44-23-9-2-10-24-44)62-56-36-20-34-54-51-39-37-49(41-57(51)69(64(54)56)65(59)62)67(45-25-11-3-12-26-45)46-27-13-4-14-28-46/h1-5,7-17,19-42H,6,18H2. The van der Waals surface area contributed by atoms with Crippen molar-refractivity contribution in [1.29, 1.82) is 0 Å². The summed E-state index contributed by atoms with van der Waals surface area (Å²) in [7, 11) is 0. The molecule has 4 nitrogen and oxygen atoms in total. The van der Waals surface area contributed by atoms with Crippen LogP contribution in [0, 0.1) is 0 Å². The number of anilines is 5. The number of nitrogens with zero attached hydrogens (tertiary/aromatic N) is 4. The Morgan fingerprint density at radius 3 is 1.17 bits per heavy atom. The van der Waals surface area contributed by atoms with E-state index in [-0.39, 0.29) is 0 Å². The third kappa shape index (κ3) is 5.53. The van der Waals surface area contributed by atoms with Crippen LogP contribution >= 0.6 is 0 Å². The fourth-order valence-corrected chi connectivity index (χ4v) is 12.1. The average Bonchev–Trinajstić information content (AvgIpc) is 4.16. The first-order valence-corrected chi connectivity index (χ1v) is 24.4. The molecule has 14 aromatic rings. The van der Waals surface area contributed by atoms with Gasteiger partial charge in [0.1, 0.15) is 0 Å². The van der Waals surface area contributed by atoms with Crippen molar-refractivity contribution >= 4 is 105 Å². The summed E-state index contributed by atoms with van der Waals surface area (Å²) in [5.74, 6) is 0. The van der Waals surface area contributed by atoms with E-state index in [9.17, 15) is 0 Å². The second kappa shape index (κ2) is 15.2. The fourth-order valence-electron chi connectivity index (χ4n) is 12.1. The van der Waals surface area contributed by atoms with Crippen LogP contribution in [0.1, 0.15) is 12.8 Å². The molecule has 0 bridgehead atoms. The molecule has 4 aromatic heterocycles. The van der Waals surface area contributed by atoms with Crippen molar-refractivity contribution in [3.05, 3.63) is 248 Å². The number of allylic oxidation sites excluding steroid dienone is 3. The molecule has 0 saturated heterocycles. The largest absolute Gasteiger partial charge is 0.311 e. The van der Waals surface area contributed by atoms with Crippen LogP contribution in [0.4, 0.5) is 28.4 Å². The molecular weight excluding hydrogens is 849 g/mol. The minimum Gasteiger partial charge on any atom is -0.311 e. The SMILES string of the molecule is C1=CC(N(c2ccccc2)c2ccc3c4cccc5c6c(-c7ccccc7)c7c(c(-c8ccccc8)c6n(c3c2)c45)c2cccc3c4ccc(N(c5ccccc5)c5ccccc5)cc4n7c32)=CCC1. The van der Waals surface area contributed by atoms with Gasteiger partial charge in [-0.3, -0.25) is 0 Å². The van der Waals surface area contributed by atoms with Crippen LogP contribution in [0.2, 0.25) is 0 Å². The van der Waals surface area contributed by atoms with Crippen molar-refractivity contribution in [1.82, 2.24) is 8.80 Å². The summed E-state index contributed by atoms with van der Waals surface area (Å²) in [5, 5.41) is 10.0. The van der Waals surface area contributed by atoms with Crippen LogP contribution in [0.3, 0.4) is 0 Å². The third-order valence-corrected chi connectivity index (χ3v) is 14.9. The van der Waals surface area contributed by atoms with Gasteiger partial charge in [0.2, 0.25) is 0 Å². The third-order valence-electron chi connectivity index (χ3n) is 14.9. The summed E-state index contributed by atoms with van der Waals surface area (Å²) < 4.78 is 5.25. The van der Waals surface area contributed by atoms with Gasteiger partial charge in [0.25, 0.3) is 0 Å². The Kier molecular flexibility index (Phi) is 8.45. The summed E-state index contributed by atoms with van der Waals surface area (Å²) in [4.78, 5) is 4.81. The Morgan fingerprint density at radius 2 is 0.729 bits per heavy atom. The molecule has 1 aliphatic rings. The molecule has 70 heavy (non-hydrogen) atoms. The van der Waals surface area contributed by atoms with Crippen molar-refractivity contribution in [2.45, 2.75) is 12.8 Å². The summed E-state index contributed by atoms with van der Waals surface area (Å²) in [6.45, 7) is 0. The van der Waals surface area contributed by atoms with E-state index in [4.69, 9.17) is 0 Å². The Balaban J connectivity index is 1.14. The van der Waals surface area contributed by atoms with Crippen LogP contribution in [0.25, 0.3) is 98.4 Å². The van der Waals surface area contributed by atoms with Crippen LogP contribution < -0.4 is 9.80 Å². The van der Waals surface area contributed by atoms with Crippen LogP contribution in [0.15, 0.2) is 248 Å². The Bertz CT molecular complexity index is 4340. The molecular formula is C66H44N4. The van der Waals surface area contributed by atoms with E-state index < -0.39 is 0 Å². The fraction of sp³-hybridized carbons (Fsp3) is 0.0303. The maximum Gasteiger partial charge on any atom is 0.0634 e. The summed E-state index contributed by atoms with van der Waals surface area (Å²) in [6, 6.07) is 82.8. The number of fused-ring (bicyclic) bond motifs is 12. The smallest absolute Gasteiger partial charge is 0.0634 e. The molecule has 0 atom stereocenters. The quantitative estimate of drug-likeness (QED) is 0.151. The lowest BCUT2D eigenvalue weighted by molar-refractivity contribution is 0.997. The predicted molar refractivity (Wildman–Crippen MR) is 296 cm³/mol. The minimum atomic E-state index is 1.02. The minimum absolute atomic E-state index is 1.02. The van der Waals surface area contributed by atoms with Crippen LogP contribution in [0.5, 0.6) is 0 Å². The second-order valence-corrected chi connectivity index (χ2v) is 18.7. The number of aromatic nitrogens is 2. The molecule has 0 unspecified atom stereocenters. The van der Waals surface area contributed by atoms with Gasteiger partial charge in [0.15, 0.2) is 0 Å². The summed E-state index contributed by atoms with van der Waals surface area (Å²) >= 11 is 0. The van der Waals surface area contributed by atoms with E-state index in [0.29, 0.717) is 0 Å². The maximum atomic E-state index is 2.63. The Morgan fingerprint density at radius 1 is 0.314 bits per heavy atom. The first-order valence-electron chi connectivity index (χ1n) is 24.4.